The van der Waals surface area contributed by atoms with Gasteiger partial charge in [-0.1, -0.05) is 19.3 Å². The van der Waals surface area contributed by atoms with Gasteiger partial charge in [-0.25, -0.2) is 0 Å². The molecule has 0 radical (unpaired) electrons. The van der Waals surface area contributed by atoms with E-state index < -0.39 is 0 Å². The minimum atomic E-state index is 0.395. The van der Waals surface area contributed by atoms with Crippen LogP contribution in [-0.2, 0) is 0 Å². The molecule has 1 atom stereocenters. The van der Waals surface area contributed by atoms with Crippen LogP contribution in [-0.4, -0.2) is 25.0 Å². The average molecular weight is 280 g/mol. The highest BCUT2D eigenvalue weighted by molar-refractivity contribution is 7.12. The zero-order valence-corrected chi connectivity index (χ0v) is 13.4. The molecule has 3 heteroatoms. The highest BCUT2D eigenvalue weighted by Crippen LogP contribution is 2.31. The molecule has 19 heavy (non-hydrogen) atoms. The number of thiophene rings is 1. The van der Waals surface area contributed by atoms with Gasteiger partial charge in [-0.05, 0) is 51.3 Å². The summed E-state index contributed by atoms with van der Waals surface area (Å²) < 4.78 is 0. The maximum atomic E-state index is 6.05. The van der Waals surface area contributed by atoms with E-state index in [-0.39, 0.29) is 0 Å². The molecule has 0 aromatic carbocycles. The van der Waals surface area contributed by atoms with Crippen molar-refractivity contribution in [2.75, 3.05) is 20.1 Å². The van der Waals surface area contributed by atoms with Crippen molar-refractivity contribution in [2.45, 2.75) is 52.0 Å². The summed E-state index contributed by atoms with van der Waals surface area (Å²) in [4.78, 5) is 5.32. The van der Waals surface area contributed by atoms with Gasteiger partial charge in [0.1, 0.15) is 0 Å². The Morgan fingerprint density at radius 3 is 2.53 bits per heavy atom. The van der Waals surface area contributed by atoms with Crippen LogP contribution in [0, 0.1) is 19.8 Å². The number of likely N-dealkylation sites (N-methyl/N-ethyl adjacent to an activating group) is 1. The zero-order chi connectivity index (χ0) is 13.8. The fraction of sp³-hybridized carbons (Fsp3) is 0.750. The monoisotopic (exact) mass is 280 g/mol. The summed E-state index contributed by atoms with van der Waals surface area (Å²) >= 11 is 1.89. The predicted octanol–water partition coefficient (Wildman–Crippen LogP) is 3.88. The molecule has 1 aromatic heterocycles. The molecule has 0 aliphatic heterocycles. The van der Waals surface area contributed by atoms with Gasteiger partial charge >= 0.3 is 0 Å². The van der Waals surface area contributed by atoms with E-state index >= 15 is 0 Å². The van der Waals surface area contributed by atoms with E-state index in [1.807, 2.05) is 11.3 Å². The van der Waals surface area contributed by atoms with E-state index in [0.717, 1.165) is 12.5 Å². The first-order valence-corrected chi connectivity index (χ1v) is 8.40. The third-order valence-electron chi connectivity index (χ3n) is 4.46. The third kappa shape index (κ3) is 3.80. The van der Waals surface area contributed by atoms with E-state index in [4.69, 9.17) is 5.73 Å². The lowest BCUT2D eigenvalue weighted by Crippen LogP contribution is -2.35. The minimum Gasteiger partial charge on any atom is -0.329 e. The lowest BCUT2D eigenvalue weighted by molar-refractivity contribution is 0.185. The molecule has 1 unspecified atom stereocenters. The van der Waals surface area contributed by atoms with Crippen LogP contribution in [0.1, 0.15) is 53.5 Å². The fourth-order valence-electron chi connectivity index (χ4n) is 3.43. The molecule has 0 amide bonds. The summed E-state index contributed by atoms with van der Waals surface area (Å²) in [5, 5.41) is 0. The number of rotatable bonds is 5. The predicted molar refractivity (Wildman–Crippen MR) is 84.8 cm³/mol. The lowest BCUT2D eigenvalue weighted by atomic mass is 9.88. The van der Waals surface area contributed by atoms with Gasteiger partial charge < -0.3 is 5.73 Å². The van der Waals surface area contributed by atoms with Gasteiger partial charge in [0.05, 0.1) is 0 Å². The Hall–Kier alpha value is -0.380. The third-order valence-corrected chi connectivity index (χ3v) is 5.45. The molecule has 0 saturated heterocycles. The van der Waals surface area contributed by atoms with Crippen molar-refractivity contribution in [2.24, 2.45) is 11.7 Å². The van der Waals surface area contributed by atoms with Crippen molar-refractivity contribution in [3.8, 4) is 0 Å². The maximum absolute atomic E-state index is 6.05. The molecule has 1 fully saturated rings. The van der Waals surface area contributed by atoms with E-state index in [2.05, 4.69) is 31.9 Å². The average Bonchev–Trinajstić information content (AvgIpc) is 2.71. The molecule has 2 rings (SSSR count). The normalized spacial score (nSPS) is 19.0. The van der Waals surface area contributed by atoms with Crippen molar-refractivity contribution in [1.29, 1.82) is 0 Å². The molecule has 1 aromatic rings. The number of hydrogen-bond donors (Lipinski definition) is 1. The second kappa shape index (κ2) is 6.87. The van der Waals surface area contributed by atoms with Gasteiger partial charge in [-0.2, -0.15) is 0 Å². The Labute approximate surface area is 122 Å². The van der Waals surface area contributed by atoms with E-state index in [1.165, 1.54) is 54.0 Å². The molecule has 2 nitrogen and oxygen atoms in total. The van der Waals surface area contributed by atoms with Crippen LogP contribution in [0.2, 0.25) is 0 Å². The van der Waals surface area contributed by atoms with Crippen LogP contribution in [0.15, 0.2) is 6.07 Å². The fourth-order valence-corrected chi connectivity index (χ4v) is 4.41. The van der Waals surface area contributed by atoms with Crippen LogP contribution >= 0.6 is 11.3 Å². The minimum absolute atomic E-state index is 0.395. The van der Waals surface area contributed by atoms with Gasteiger partial charge in [0.25, 0.3) is 0 Å². The van der Waals surface area contributed by atoms with Gasteiger partial charge in [0.2, 0.25) is 0 Å². The van der Waals surface area contributed by atoms with E-state index in [0.29, 0.717) is 6.04 Å². The quantitative estimate of drug-likeness (QED) is 0.887. The van der Waals surface area contributed by atoms with Crippen molar-refractivity contribution in [1.82, 2.24) is 4.90 Å². The van der Waals surface area contributed by atoms with Gasteiger partial charge in [-0.3, -0.25) is 4.90 Å². The topological polar surface area (TPSA) is 29.3 Å². The second-order valence-electron chi connectivity index (χ2n) is 6.06. The van der Waals surface area contributed by atoms with Crippen molar-refractivity contribution in [3.63, 3.8) is 0 Å². The maximum Gasteiger partial charge on any atom is 0.0478 e. The Balaban J connectivity index is 2.01. The smallest absolute Gasteiger partial charge is 0.0478 e. The lowest BCUT2D eigenvalue weighted by Gasteiger charge is -2.32. The van der Waals surface area contributed by atoms with Gasteiger partial charge in [0.15, 0.2) is 0 Å². The number of aryl methyl sites for hydroxylation is 2. The molecule has 1 heterocycles. The van der Waals surface area contributed by atoms with Crippen molar-refractivity contribution < 1.29 is 0 Å². The molecule has 1 aliphatic carbocycles. The highest BCUT2D eigenvalue weighted by Gasteiger charge is 2.22. The number of nitrogens with zero attached hydrogens (tertiary/aromatic N) is 1. The summed E-state index contributed by atoms with van der Waals surface area (Å²) in [6, 6.07) is 2.72. The molecule has 0 bridgehead atoms. The highest BCUT2D eigenvalue weighted by atomic mass is 32.1. The van der Waals surface area contributed by atoms with Gasteiger partial charge in [0, 0.05) is 28.9 Å². The van der Waals surface area contributed by atoms with Crippen LogP contribution in [0.5, 0.6) is 0 Å². The molecule has 1 aliphatic rings. The van der Waals surface area contributed by atoms with Crippen LogP contribution in [0.4, 0.5) is 0 Å². The first kappa shape index (κ1) is 15.0. The molecule has 0 spiro atoms. The Morgan fingerprint density at radius 1 is 1.32 bits per heavy atom. The van der Waals surface area contributed by atoms with Crippen LogP contribution in [0.3, 0.4) is 0 Å². The number of nitrogens with two attached hydrogens (primary N) is 1. The Morgan fingerprint density at radius 2 is 2.00 bits per heavy atom. The van der Waals surface area contributed by atoms with E-state index in [1.54, 1.807) is 0 Å². The summed E-state index contributed by atoms with van der Waals surface area (Å²) in [5.41, 5.74) is 7.50. The molecular weight excluding hydrogens is 252 g/mol. The SMILES string of the molecule is Cc1cc(C(CN)N(C)CC2CCCCC2)c(C)s1. The van der Waals surface area contributed by atoms with Gasteiger partial charge in [-0.15, -0.1) is 11.3 Å². The Kier molecular flexibility index (Phi) is 5.43. The molecule has 2 N–H and O–H groups in total. The standard InChI is InChI=1S/C16H28N2S/c1-12-9-15(13(2)19-12)16(10-17)18(3)11-14-7-5-4-6-8-14/h9,14,16H,4-8,10-11,17H2,1-3H3. The molecular formula is C16H28N2S. The summed E-state index contributed by atoms with van der Waals surface area (Å²) in [6.07, 6.45) is 7.08. The van der Waals surface area contributed by atoms with E-state index in [9.17, 15) is 0 Å². The molecule has 108 valence electrons. The van der Waals surface area contributed by atoms with Crippen molar-refractivity contribution in [3.05, 3.63) is 21.4 Å². The van der Waals surface area contributed by atoms with Crippen LogP contribution in [0.25, 0.3) is 0 Å². The summed E-state index contributed by atoms with van der Waals surface area (Å²) in [6.45, 7) is 6.34. The summed E-state index contributed by atoms with van der Waals surface area (Å²) in [5.74, 6) is 0.882. The molecule has 1 saturated carbocycles. The summed E-state index contributed by atoms with van der Waals surface area (Å²) in [7, 11) is 2.25. The largest absolute Gasteiger partial charge is 0.329 e. The zero-order valence-electron chi connectivity index (χ0n) is 12.6. The second-order valence-corrected chi connectivity index (χ2v) is 7.52. The first-order valence-electron chi connectivity index (χ1n) is 7.59. The first-order chi connectivity index (χ1) is 9.11. The van der Waals surface area contributed by atoms with Crippen molar-refractivity contribution >= 4 is 11.3 Å². The number of hydrogen-bond acceptors (Lipinski definition) is 3. The Bertz CT molecular complexity index is 393. The van der Waals surface area contributed by atoms with Crippen LogP contribution < -0.4 is 5.73 Å².